The molecule has 29 heavy (non-hydrogen) atoms. The molecule has 1 aliphatic heterocycles. The minimum Gasteiger partial charge on any atom is -0.598 e. The Balaban J connectivity index is 1.82. The van der Waals surface area contributed by atoms with Gasteiger partial charge in [-0.15, -0.1) is 4.72 Å². The summed E-state index contributed by atoms with van der Waals surface area (Å²) in [7, 11) is 0. The van der Waals surface area contributed by atoms with Crippen LogP contribution in [0, 0.1) is 11.2 Å². The highest BCUT2D eigenvalue weighted by molar-refractivity contribution is 7.90. The number of benzene rings is 1. The van der Waals surface area contributed by atoms with Crippen molar-refractivity contribution in [3.63, 3.8) is 0 Å². The zero-order chi connectivity index (χ0) is 21.6. The molecule has 1 spiro atoms. The third-order valence-electron chi connectivity index (χ3n) is 5.80. The zero-order valence-electron chi connectivity index (χ0n) is 18.3. The Morgan fingerprint density at radius 3 is 2.41 bits per heavy atom. The smallest absolute Gasteiger partial charge is 0.410 e. The van der Waals surface area contributed by atoms with E-state index in [1.165, 1.54) is 6.07 Å². The largest absolute Gasteiger partial charge is 0.598 e. The van der Waals surface area contributed by atoms with Crippen LogP contribution in [0.5, 0.6) is 0 Å². The van der Waals surface area contributed by atoms with E-state index in [-0.39, 0.29) is 23.4 Å². The SMILES string of the molecule is CC(C)(C)OC(=O)N1CCC2(CC1)Cc1c(F)cccc1[C@@H]2N[S@+]([O-])C(C)(C)C. The van der Waals surface area contributed by atoms with Gasteiger partial charge < -0.3 is 14.2 Å². The first kappa shape index (κ1) is 22.4. The van der Waals surface area contributed by atoms with E-state index in [2.05, 4.69) is 4.72 Å². The predicted molar refractivity (Wildman–Crippen MR) is 113 cm³/mol. The summed E-state index contributed by atoms with van der Waals surface area (Å²) in [6.07, 6.45) is 1.70. The van der Waals surface area contributed by atoms with E-state index in [9.17, 15) is 13.7 Å². The van der Waals surface area contributed by atoms with E-state index < -0.39 is 21.7 Å². The van der Waals surface area contributed by atoms with Crippen LogP contribution in [0.4, 0.5) is 9.18 Å². The van der Waals surface area contributed by atoms with Gasteiger partial charge in [0, 0.05) is 29.9 Å². The number of fused-ring (bicyclic) bond motifs is 1. The maximum absolute atomic E-state index is 14.6. The van der Waals surface area contributed by atoms with Crippen LogP contribution >= 0.6 is 0 Å². The Bertz CT molecular complexity index is 764. The van der Waals surface area contributed by atoms with Gasteiger partial charge in [0.25, 0.3) is 0 Å². The molecule has 3 rings (SSSR count). The number of likely N-dealkylation sites (tertiary alicyclic amines) is 1. The number of halogens is 1. The lowest BCUT2D eigenvalue weighted by atomic mass is 9.73. The summed E-state index contributed by atoms with van der Waals surface area (Å²) in [6, 6.07) is 4.95. The molecule has 2 atom stereocenters. The average molecular weight is 425 g/mol. The van der Waals surface area contributed by atoms with Crippen LogP contribution in [-0.4, -0.2) is 39.0 Å². The number of carbonyl (C=O) groups is 1. The Morgan fingerprint density at radius 1 is 1.24 bits per heavy atom. The van der Waals surface area contributed by atoms with Gasteiger partial charge in [0.05, 0.1) is 6.04 Å². The average Bonchev–Trinajstić information content (AvgIpc) is 2.88. The van der Waals surface area contributed by atoms with E-state index in [0.29, 0.717) is 37.9 Å². The molecule has 7 heteroatoms. The van der Waals surface area contributed by atoms with Gasteiger partial charge in [-0.3, -0.25) is 0 Å². The highest BCUT2D eigenvalue weighted by Gasteiger charge is 2.51. The number of rotatable bonds is 2. The molecule has 0 saturated carbocycles. The highest BCUT2D eigenvalue weighted by Crippen LogP contribution is 2.53. The van der Waals surface area contributed by atoms with Gasteiger partial charge in [-0.1, -0.05) is 12.1 Å². The topological polar surface area (TPSA) is 64.6 Å². The Hall–Kier alpha value is -1.31. The fraction of sp³-hybridized carbons (Fsp3) is 0.682. The molecule has 0 bridgehead atoms. The van der Waals surface area contributed by atoms with Crippen LogP contribution in [-0.2, 0) is 22.5 Å². The maximum atomic E-state index is 14.6. The zero-order valence-corrected chi connectivity index (χ0v) is 19.1. The molecular formula is C22H33FN2O3S. The van der Waals surface area contributed by atoms with Crippen molar-refractivity contribution in [2.45, 2.75) is 77.2 Å². The van der Waals surface area contributed by atoms with Crippen molar-refractivity contribution < 1.29 is 18.5 Å². The lowest BCUT2D eigenvalue weighted by molar-refractivity contribution is 0.00711. The second kappa shape index (κ2) is 7.75. The second-order valence-electron chi connectivity index (χ2n) is 10.2. The molecule has 1 aromatic rings. The second-order valence-corrected chi connectivity index (χ2v) is 12.2. The van der Waals surface area contributed by atoms with Crippen LogP contribution in [0.3, 0.4) is 0 Å². The van der Waals surface area contributed by atoms with Crippen molar-refractivity contribution in [1.29, 1.82) is 0 Å². The third-order valence-corrected chi connectivity index (χ3v) is 7.36. The first-order chi connectivity index (χ1) is 13.3. The first-order valence-corrected chi connectivity index (χ1v) is 11.4. The van der Waals surface area contributed by atoms with E-state index in [1.807, 2.05) is 47.6 Å². The van der Waals surface area contributed by atoms with Gasteiger partial charge in [0.15, 0.2) is 0 Å². The Morgan fingerprint density at radius 2 is 1.86 bits per heavy atom. The number of hydrogen-bond donors (Lipinski definition) is 1. The molecule has 0 unspecified atom stereocenters. The van der Waals surface area contributed by atoms with Crippen molar-refractivity contribution in [2.24, 2.45) is 5.41 Å². The summed E-state index contributed by atoms with van der Waals surface area (Å²) in [5, 5.41) is 0. The Kier molecular flexibility index (Phi) is 5.98. The van der Waals surface area contributed by atoms with Gasteiger partial charge in [-0.25, -0.2) is 9.18 Å². The molecule has 5 nitrogen and oxygen atoms in total. The predicted octanol–water partition coefficient (Wildman–Crippen LogP) is 4.49. The van der Waals surface area contributed by atoms with Crippen molar-refractivity contribution in [3.05, 3.63) is 35.1 Å². The molecule has 1 heterocycles. The molecule has 1 aliphatic carbocycles. The number of nitrogens with one attached hydrogen (secondary N) is 1. The minimum absolute atomic E-state index is 0.200. The van der Waals surface area contributed by atoms with Crippen LogP contribution in [0.15, 0.2) is 18.2 Å². The van der Waals surface area contributed by atoms with Gasteiger partial charge in [-0.05, 0) is 78.0 Å². The van der Waals surface area contributed by atoms with Gasteiger partial charge in [0.2, 0.25) is 0 Å². The van der Waals surface area contributed by atoms with Gasteiger partial charge in [0.1, 0.15) is 16.2 Å². The number of carbonyl (C=O) groups excluding carboxylic acids is 1. The summed E-state index contributed by atoms with van der Waals surface area (Å²) in [6.45, 7) is 12.4. The lowest BCUT2D eigenvalue weighted by Crippen LogP contribution is -2.51. The van der Waals surface area contributed by atoms with Gasteiger partial charge in [-0.2, -0.15) is 0 Å². The first-order valence-electron chi connectivity index (χ1n) is 10.3. The standard InChI is InChI=1S/C22H33FN2O3S/c1-20(2,3)28-19(26)25-12-10-22(11-13-25)14-16-15(8-7-9-17(16)23)18(22)24-29(27)21(4,5)6/h7-9,18,24H,10-14H2,1-6H3/t18-,29+/m0/s1. The van der Waals surface area contributed by atoms with Crippen molar-refractivity contribution in [1.82, 2.24) is 9.62 Å². The van der Waals surface area contributed by atoms with E-state index in [4.69, 9.17) is 4.74 Å². The van der Waals surface area contributed by atoms with Crippen LogP contribution in [0.1, 0.15) is 71.6 Å². The highest BCUT2D eigenvalue weighted by atomic mass is 32.2. The molecule has 162 valence electrons. The molecule has 1 N–H and O–H groups in total. The van der Waals surface area contributed by atoms with E-state index in [0.717, 1.165) is 5.56 Å². The number of hydrogen-bond acceptors (Lipinski definition) is 4. The van der Waals surface area contributed by atoms with Crippen LogP contribution in [0.25, 0.3) is 0 Å². The molecule has 0 radical (unpaired) electrons. The lowest BCUT2D eigenvalue weighted by Gasteiger charge is -2.43. The summed E-state index contributed by atoms with van der Waals surface area (Å²) in [4.78, 5) is 14.2. The quantitative estimate of drug-likeness (QED) is 0.711. The maximum Gasteiger partial charge on any atom is 0.410 e. The van der Waals surface area contributed by atoms with Crippen LogP contribution in [0.2, 0.25) is 0 Å². The molecule has 1 amide bonds. The molecular weight excluding hydrogens is 391 g/mol. The summed E-state index contributed by atoms with van der Waals surface area (Å²) >= 11 is -1.28. The number of nitrogens with zero attached hydrogens (tertiary/aromatic N) is 1. The molecule has 1 aromatic carbocycles. The monoisotopic (exact) mass is 424 g/mol. The van der Waals surface area contributed by atoms with E-state index in [1.54, 1.807) is 11.0 Å². The summed E-state index contributed by atoms with van der Waals surface area (Å²) < 4.78 is 35.9. The van der Waals surface area contributed by atoms with E-state index >= 15 is 0 Å². The third kappa shape index (κ3) is 4.72. The Labute approximate surface area is 176 Å². The summed E-state index contributed by atoms with van der Waals surface area (Å²) in [5.41, 5.74) is 0.811. The van der Waals surface area contributed by atoms with Crippen molar-refractivity contribution in [2.75, 3.05) is 13.1 Å². The van der Waals surface area contributed by atoms with Crippen molar-refractivity contribution >= 4 is 17.5 Å². The molecule has 1 fully saturated rings. The molecule has 0 aromatic heterocycles. The number of amides is 1. The number of piperidine rings is 1. The number of ether oxygens (including phenoxy) is 1. The fourth-order valence-corrected chi connectivity index (χ4v) is 5.16. The summed E-state index contributed by atoms with van der Waals surface area (Å²) in [5.74, 6) is -0.206. The van der Waals surface area contributed by atoms with Crippen molar-refractivity contribution in [3.8, 4) is 0 Å². The van der Waals surface area contributed by atoms with Gasteiger partial charge >= 0.3 is 6.09 Å². The minimum atomic E-state index is -1.28. The van der Waals surface area contributed by atoms with Crippen LogP contribution < -0.4 is 4.72 Å². The normalized spacial score (nSPS) is 22.5. The molecule has 1 saturated heterocycles. The molecule has 2 aliphatic rings. The fourth-order valence-electron chi connectivity index (χ4n) is 4.22.